The standard InChI is InChI=1S/C40H45F3N4O5.CH2O2/c1-24-4-2-6-30(18-24)51-17-15-47(28-11-12-28)40(50)36-31(19-27-22-46(23-35(36)45-27)39(49)34-20-29(48)21-44-34)26-9-7-25(8-10-26)5-3-16-52-38-33(42)14-13-32(41)37(38)43;2-1-3/h2,4,6-10,13-14,18,27-29,34-35,44-45,48H,3,5,11-12,15-17,19-23H2,1H3;1H,(H,2,3)/t27-,29-,34?,35-;/m1./s1. The van der Waals surface area contributed by atoms with Gasteiger partial charge in [0.1, 0.15) is 12.4 Å². The summed E-state index contributed by atoms with van der Waals surface area (Å²) >= 11 is 0. The molecule has 0 spiro atoms. The van der Waals surface area contributed by atoms with Crippen molar-refractivity contribution in [1.82, 2.24) is 20.4 Å². The molecule has 55 heavy (non-hydrogen) atoms. The molecule has 7 rings (SSSR count). The number of carbonyl (C=O) groups is 3. The molecule has 3 aliphatic heterocycles. The summed E-state index contributed by atoms with van der Waals surface area (Å²) in [4.78, 5) is 40.4. The highest BCUT2D eigenvalue weighted by Gasteiger charge is 2.44. The lowest BCUT2D eigenvalue weighted by atomic mass is 9.82. The third-order valence-electron chi connectivity index (χ3n) is 10.4. The van der Waals surface area contributed by atoms with Crippen LogP contribution < -0.4 is 20.1 Å². The molecule has 2 amide bonds. The molecule has 0 aromatic heterocycles. The number of hydrogen-bond acceptors (Lipinski definition) is 8. The van der Waals surface area contributed by atoms with Crippen LogP contribution in [0.2, 0.25) is 0 Å². The predicted octanol–water partition coefficient (Wildman–Crippen LogP) is 4.24. The van der Waals surface area contributed by atoms with Gasteiger partial charge in [0.2, 0.25) is 11.7 Å². The maximum absolute atomic E-state index is 14.7. The molecule has 4 aliphatic rings. The Morgan fingerprint density at radius 2 is 1.75 bits per heavy atom. The second-order valence-electron chi connectivity index (χ2n) is 14.4. The summed E-state index contributed by atoms with van der Waals surface area (Å²) in [5.41, 5.74) is 4.62. The quantitative estimate of drug-likeness (QED) is 0.114. The van der Waals surface area contributed by atoms with Crippen molar-refractivity contribution >= 4 is 23.9 Å². The van der Waals surface area contributed by atoms with Crippen LogP contribution in [0, 0.1) is 24.4 Å². The molecule has 3 aromatic carbocycles. The Bertz CT molecular complexity index is 1870. The number of fused-ring (bicyclic) bond motifs is 2. The molecule has 294 valence electrons. The Hall–Kier alpha value is -4.92. The van der Waals surface area contributed by atoms with Crippen LogP contribution in [0.3, 0.4) is 0 Å². The number of aliphatic hydroxyl groups is 1. The Morgan fingerprint density at radius 3 is 2.44 bits per heavy atom. The average Bonchev–Trinajstić information content (AvgIpc) is 3.92. The molecular weight excluding hydrogens is 717 g/mol. The van der Waals surface area contributed by atoms with E-state index in [0.717, 1.165) is 53.0 Å². The minimum absolute atomic E-state index is 0.00697. The molecular formula is C41H47F3N4O7. The van der Waals surface area contributed by atoms with Gasteiger partial charge in [-0.1, -0.05) is 36.4 Å². The number of nitrogens with zero attached hydrogens (tertiary/aromatic N) is 2. The first-order valence-electron chi connectivity index (χ1n) is 18.7. The van der Waals surface area contributed by atoms with E-state index in [1.165, 1.54) is 0 Å². The summed E-state index contributed by atoms with van der Waals surface area (Å²) in [6.07, 6.45) is 3.24. The fraction of sp³-hybridized carbons (Fsp3) is 0.439. The van der Waals surface area contributed by atoms with Gasteiger partial charge in [-0.15, -0.1) is 0 Å². The van der Waals surface area contributed by atoms with E-state index < -0.39 is 35.3 Å². The number of halogens is 3. The number of ether oxygens (including phenoxy) is 2. The summed E-state index contributed by atoms with van der Waals surface area (Å²) in [6, 6.07) is 16.6. The first-order chi connectivity index (χ1) is 26.6. The summed E-state index contributed by atoms with van der Waals surface area (Å²) in [5, 5.41) is 23.7. The third-order valence-corrected chi connectivity index (χ3v) is 10.4. The topological polar surface area (TPSA) is 141 Å². The van der Waals surface area contributed by atoms with Gasteiger partial charge in [0.15, 0.2) is 17.4 Å². The van der Waals surface area contributed by atoms with Gasteiger partial charge in [0, 0.05) is 37.3 Å². The van der Waals surface area contributed by atoms with Crippen LogP contribution in [0.15, 0.2) is 66.2 Å². The number of aliphatic hydroxyl groups excluding tert-OH is 1. The van der Waals surface area contributed by atoms with Crippen LogP contribution in [-0.2, 0) is 20.8 Å². The van der Waals surface area contributed by atoms with Crippen LogP contribution in [0.5, 0.6) is 11.5 Å². The Balaban J connectivity index is 0.00000166. The smallest absolute Gasteiger partial charge is 0.290 e. The molecule has 1 aliphatic carbocycles. The van der Waals surface area contributed by atoms with Crippen LogP contribution >= 0.6 is 0 Å². The molecule has 1 saturated carbocycles. The third kappa shape index (κ3) is 9.85. The van der Waals surface area contributed by atoms with Crippen LogP contribution in [0.25, 0.3) is 5.57 Å². The number of β-amino-alcohol motifs (C(OH)–C–C–N with tert-alkyl or cyclic N) is 1. The highest BCUT2D eigenvalue weighted by Crippen LogP contribution is 2.37. The van der Waals surface area contributed by atoms with Crippen molar-refractivity contribution in [3.8, 4) is 11.5 Å². The number of rotatable bonds is 13. The second-order valence-corrected chi connectivity index (χ2v) is 14.4. The molecule has 4 atom stereocenters. The van der Waals surface area contributed by atoms with E-state index >= 15 is 0 Å². The van der Waals surface area contributed by atoms with Gasteiger partial charge in [0.05, 0.1) is 31.3 Å². The molecule has 14 heteroatoms. The largest absolute Gasteiger partial charge is 0.492 e. The monoisotopic (exact) mass is 764 g/mol. The Kier molecular flexibility index (Phi) is 13.1. The first kappa shape index (κ1) is 39.8. The fourth-order valence-electron chi connectivity index (χ4n) is 7.59. The maximum atomic E-state index is 14.7. The lowest BCUT2D eigenvalue weighted by Crippen LogP contribution is -2.63. The fourth-order valence-corrected chi connectivity index (χ4v) is 7.59. The minimum atomic E-state index is -1.34. The molecule has 2 bridgehead atoms. The molecule has 0 radical (unpaired) electrons. The maximum Gasteiger partial charge on any atom is 0.290 e. The Morgan fingerprint density at radius 1 is 1.00 bits per heavy atom. The SMILES string of the molecule is Cc1cccc(OCCN(C(=O)C2=C(c3ccc(CCCOc4c(F)ccc(F)c4F)cc3)C[C@@H]3CN(C(=O)C4C[C@@H](O)CN4)C[C@H]2N3)C2CC2)c1.O=CO. The zero-order valence-corrected chi connectivity index (χ0v) is 30.7. The van der Waals surface area contributed by atoms with Crippen molar-refractivity contribution in [3.63, 3.8) is 0 Å². The van der Waals surface area contributed by atoms with E-state index in [9.17, 15) is 27.9 Å². The summed E-state index contributed by atoms with van der Waals surface area (Å²) in [6.45, 7) is 3.78. The van der Waals surface area contributed by atoms with Crippen LogP contribution in [0.4, 0.5) is 13.2 Å². The van der Waals surface area contributed by atoms with E-state index in [1.807, 2.05) is 65.3 Å². The normalized spacial score (nSPS) is 21.7. The van der Waals surface area contributed by atoms with Crippen LogP contribution in [0.1, 0.15) is 48.8 Å². The average molecular weight is 765 g/mol. The zero-order chi connectivity index (χ0) is 39.1. The predicted molar refractivity (Wildman–Crippen MR) is 198 cm³/mol. The highest BCUT2D eigenvalue weighted by molar-refractivity contribution is 6.03. The van der Waals surface area contributed by atoms with Crippen molar-refractivity contribution in [2.24, 2.45) is 0 Å². The van der Waals surface area contributed by atoms with E-state index in [0.29, 0.717) is 64.0 Å². The Labute approximate surface area is 318 Å². The summed E-state index contributed by atoms with van der Waals surface area (Å²) < 4.78 is 52.8. The lowest BCUT2D eigenvalue weighted by Gasteiger charge is -2.45. The van der Waals surface area contributed by atoms with Crippen molar-refractivity contribution in [2.45, 2.75) is 75.7 Å². The molecule has 4 N–H and O–H groups in total. The van der Waals surface area contributed by atoms with Crippen molar-refractivity contribution in [2.75, 3.05) is 39.4 Å². The van der Waals surface area contributed by atoms with Crippen molar-refractivity contribution in [3.05, 3.63) is 100 Å². The number of aryl methyl sites for hydroxylation is 2. The molecule has 3 fully saturated rings. The van der Waals surface area contributed by atoms with Gasteiger partial charge in [0.25, 0.3) is 12.4 Å². The van der Waals surface area contributed by atoms with Gasteiger partial charge in [-0.2, -0.15) is 4.39 Å². The molecule has 11 nitrogen and oxygen atoms in total. The van der Waals surface area contributed by atoms with Gasteiger partial charge in [-0.3, -0.25) is 14.4 Å². The van der Waals surface area contributed by atoms with E-state index in [2.05, 4.69) is 10.6 Å². The lowest BCUT2D eigenvalue weighted by molar-refractivity contribution is -0.136. The number of nitrogens with one attached hydrogen (secondary N) is 2. The number of carboxylic acid groups (broad SMARTS) is 1. The van der Waals surface area contributed by atoms with E-state index in [4.69, 9.17) is 19.4 Å². The number of amides is 2. The minimum Gasteiger partial charge on any atom is -0.492 e. The summed E-state index contributed by atoms with van der Waals surface area (Å²) in [5.74, 6) is -3.51. The van der Waals surface area contributed by atoms with Crippen molar-refractivity contribution < 1.29 is 47.2 Å². The van der Waals surface area contributed by atoms with Gasteiger partial charge in [-0.05, 0) is 92.0 Å². The number of benzene rings is 3. The van der Waals surface area contributed by atoms with Gasteiger partial charge < -0.3 is 40.1 Å². The van der Waals surface area contributed by atoms with Gasteiger partial charge in [-0.25, -0.2) is 8.78 Å². The molecule has 2 saturated heterocycles. The first-order valence-corrected chi connectivity index (χ1v) is 18.7. The van der Waals surface area contributed by atoms with Crippen molar-refractivity contribution in [1.29, 1.82) is 0 Å². The number of hydrogen-bond donors (Lipinski definition) is 4. The van der Waals surface area contributed by atoms with Gasteiger partial charge >= 0.3 is 0 Å². The second kappa shape index (κ2) is 18.1. The zero-order valence-electron chi connectivity index (χ0n) is 30.7. The highest BCUT2D eigenvalue weighted by atomic mass is 19.2. The van der Waals surface area contributed by atoms with E-state index in [-0.39, 0.29) is 43.0 Å². The summed E-state index contributed by atoms with van der Waals surface area (Å²) in [7, 11) is 0. The number of piperazine rings is 1. The molecule has 1 unspecified atom stereocenters. The molecule has 3 aromatic rings. The number of carbonyl (C=O) groups excluding carboxylic acids is 2. The van der Waals surface area contributed by atoms with E-state index in [1.54, 1.807) is 0 Å². The molecule has 3 heterocycles. The van der Waals surface area contributed by atoms with Crippen LogP contribution in [-0.4, -0.2) is 108 Å².